The Balaban J connectivity index is 1.62. The van der Waals surface area contributed by atoms with Crippen LogP contribution in [0.25, 0.3) is 0 Å². The topological polar surface area (TPSA) is 57.7 Å². The average Bonchev–Trinajstić information content (AvgIpc) is 3.09. The summed E-state index contributed by atoms with van der Waals surface area (Å²) in [5.41, 5.74) is 1.54. The molecule has 168 valence electrons. The molecule has 1 fully saturated rings. The fourth-order valence-electron chi connectivity index (χ4n) is 3.76. The number of rotatable bonds is 6. The molecule has 0 N–H and O–H groups in total. The van der Waals surface area contributed by atoms with Crippen LogP contribution in [0.4, 0.5) is 14.5 Å². The predicted molar refractivity (Wildman–Crippen MR) is 119 cm³/mol. The van der Waals surface area contributed by atoms with E-state index in [4.69, 9.17) is 11.6 Å². The van der Waals surface area contributed by atoms with Crippen molar-refractivity contribution in [3.8, 4) is 0 Å². The second kappa shape index (κ2) is 9.50. The third kappa shape index (κ3) is 5.09. The fraction of sp³-hybridized carbons (Fsp3) is 0.160. The standard InChI is InChI=1S/C25H19ClF2N2O3/c26-18-5-1-16(2-6-18)13-23(31)29(15-17-3-7-19(27)8-4-17)22-14-24(32)30(25(22)33)21-11-9-20(28)10-12-21/h1-12,22H,13-15H2. The smallest absolute Gasteiger partial charge is 0.257 e. The molecule has 1 aliphatic heterocycles. The summed E-state index contributed by atoms with van der Waals surface area (Å²) in [7, 11) is 0. The first kappa shape index (κ1) is 22.6. The number of hydrogen-bond donors (Lipinski definition) is 0. The monoisotopic (exact) mass is 468 g/mol. The SMILES string of the molecule is O=C1CC(N(Cc2ccc(F)cc2)C(=O)Cc2ccc(Cl)cc2)C(=O)N1c1ccc(F)cc1. The van der Waals surface area contributed by atoms with E-state index in [0.717, 1.165) is 17.0 Å². The summed E-state index contributed by atoms with van der Waals surface area (Å²) in [4.78, 5) is 41.5. The van der Waals surface area contributed by atoms with E-state index in [1.54, 1.807) is 24.3 Å². The zero-order valence-corrected chi connectivity index (χ0v) is 18.1. The highest BCUT2D eigenvalue weighted by Gasteiger charge is 2.44. The molecule has 33 heavy (non-hydrogen) atoms. The Bertz CT molecular complexity index is 1180. The highest BCUT2D eigenvalue weighted by Crippen LogP contribution is 2.27. The third-order valence-corrected chi connectivity index (χ3v) is 5.69. The van der Waals surface area contributed by atoms with Crippen molar-refractivity contribution in [2.45, 2.75) is 25.4 Å². The highest BCUT2D eigenvalue weighted by molar-refractivity contribution is 6.30. The van der Waals surface area contributed by atoms with Gasteiger partial charge >= 0.3 is 0 Å². The van der Waals surface area contributed by atoms with Crippen molar-refractivity contribution in [3.63, 3.8) is 0 Å². The molecule has 0 radical (unpaired) electrons. The van der Waals surface area contributed by atoms with E-state index in [9.17, 15) is 23.2 Å². The average molecular weight is 469 g/mol. The Kier molecular flexibility index (Phi) is 6.51. The minimum Gasteiger partial charge on any atom is -0.325 e. The number of halogens is 3. The van der Waals surface area contributed by atoms with Gasteiger partial charge in [0.25, 0.3) is 5.91 Å². The molecule has 5 nitrogen and oxygen atoms in total. The molecule has 1 aliphatic rings. The van der Waals surface area contributed by atoms with E-state index in [-0.39, 0.29) is 31.0 Å². The number of benzene rings is 3. The van der Waals surface area contributed by atoms with Gasteiger partial charge in [-0.05, 0) is 59.7 Å². The van der Waals surface area contributed by atoms with Gasteiger partial charge in [0.2, 0.25) is 11.8 Å². The van der Waals surface area contributed by atoms with Gasteiger partial charge in [-0.15, -0.1) is 0 Å². The van der Waals surface area contributed by atoms with Crippen molar-refractivity contribution in [2.24, 2.45) is 0 Å². The molecule has 4 rings (SSSR count). The van der Waals surface area contributed by atoms with Crippen LogP contribution in [0, 0.1) is 11.6 Å². The number of amides is 3. The molecule has 1 saturated heterocycles. The number of imide groups is 1. The lowest BCUT2D eigenvalue weighted by Crippen LogP contribution is -2.45. The minimum atomic E-state index is -1.03. The Morgan fingerprint density at radius 3 is 2.03 bits per heavy atom. The molecular weight excluding hydrogens is 450 g/mol. The van der Waals surface area contributed by atoms with Crippen LogP contribution in [0.5, 0.6) is 0 Å². The van der Waals surface area contributed by atoms with Crippen molar-refractivity contribution in [3.05, 3.63) is 101 Å². The summed E-state index contributed by atoms with van der Waals surface area (Å²) in [5, 5.41) is 0.529. The molecule has 0 spiro atoms. The molecule has 0 saturated carbocycles. The molecular formula is C25H19ClF2N2O3. The highest BCUT2D eigenvalue weighted by atomic mass is 35.5. The second-order valence-electron chi connectivity index (χ2n) is 7.72. The molecule has 1 atom stereocenters. The molecule has 8 heteroatoms. The quantitative estimate of drug-likeness (QED) is 0.500. The summed E-state index contributed by atoms with van der Waals surface area (Å²) in [6.45, 7) is 0.0215. The van der Waals surface area contributed by atoms with Gasteiger partial charge in [0.15, 0.2) is 0 Å². The van der Waals surface area contributed by atoms with E-state index >= 15 is 0 Å². The van der Waals surface area contributed by atoms with Gasteiger partial charge in [-0.2, -0.15) is 0 Å². The van der Waals surface area contributed by atoms with E-state index < -0.39 is 29.5 Å². The molecule has 1 heterocycles. The number of hydrogen-bond acceptors (Lipinski definition) is 3. The largest absolute Gasteiger partial charge is 0.325 e. The summed E-state index contributed by atoms with van der Waals surface area (Å²) in [6, 6.07) is 16.3. The molecule has 0 aliphatic carbocycles. The van der Waals surface area contributed by atoms with Crippen LogP contribution in [0.1, 0.15) is 17.5 Å². The van der Waals surface area contributed by atoms with Crippen LogP contribution >= 0.6 is 11.6 Å². The second-order valence-corrected chi connectivity index (χ2v) is 8.15. The Labute approximate surface area is 194 Å². The zero-order chi connectivity index (χ0) is 23.5. The van der Waals surface area contributed by atoms with Crippen LogP contribution in [-0.2, 0) is 27.3 Å². The van der Waals surface area contributed by atoms with Crippen LogP contribution in [-0.4, -0.2) is 28.7 Å². The van der Waals surface area contributed by atoms with Crippen LogP contribution < -0.4 is 4.90 Å². The lowest BCUT2D eigenvalue weighted by Gasteiger charge is -2.28. The van der Waals surface area contributed by atoms with E-state index in [2.05, 4.69) is 0 Å². The maximum Gasteiger partial charge on any atom is 0.257 e. The maximum absolute atomic E-state index is 13.4. The van der Waals surface area contributed by atoms with Gasteiger partial charge in [-0.1, -0.05) is 35.9 Å². The fourth-order valence-corrected chi connectivity index (χ4v) is 3.88. The number of carbonyl (C=O) groups is 3. The van der Waals surface area contributed by atoms with Gasteiger partial charge in [0, 0.05) is 11.6 Å². The van der Waals surface area contributed by atoms with E-state index in [1.165, 1.54) is 41.3 Å². The zero-order valence-electron chi connectivity index (χ0n) is 17.4. The Hall–Kier alpha value is -3.58. The first-order valence-electron chi connectivity index (χ1n) is 10.2. The first-order chi connectivity index (χ1) is 15.8. The van der Waals surface area contributed by atoms with Crippen LogP contribution in [0.3, 0.4) is 0 Å². The van der Waals surface area contributed by atoms with Gasteiger partial charge in [0.1, 0.15) is 17.7 Å². The van der Waals surface area contributed by atoms with Crippen molar-refractivity contribution in [1.29, 1.82) is 0 Å². The number of anilines is 1. The third-order valence-electron chi connectivity index (χ3n) is 5.44. The van der Waals surface area contributed by atoms with Crippen LogP contribution in [0.2, 0.25) is 5.02 Å². The van der Waals surface area contributed by atoms with Gasteiger partial charge < -0.3 is 4.90 Å². The van der Waals surface area contributed by atoms with Gasteiger partial charge in [0.05, 0.1) is 18.5 Å². The summed E-state index contributed by atoms with van der Waals surface area (Å²) >= 11 is 5.92. The van der Waals surface area contributed by atoms with Gasteiger partial charge in [-0.25, -0.2) is 13.7 Å². The van der Waals surface area contributed by atoms with Crippen molar-refractivity contribution in [2.75, 3.05) is 4.90 Å². The normalized spacial score (nSPS) is 15.7. The minimum absolute atomic E-state index is 0.00706. The number of nitrogens with zero attached hydrogens (tertiary/aromatic N) is 2. The molecule has 3 aromatic rings. The summed E-state index contributed by atoms with van der Waals surface area (Å²) in [6.07, 6.45) is -0.212. The molecule has 0 aromatic heterocycles. The van der Waals surface area contributed by atoms with E-state index in [0.29, 0.717) is 16.1 Å². The molecule has 3 aromatic carbocycles. The first-order valence-corrected chi connectivity index (χ1v) is 10.6. The lowest BCUT2D eigenvalue weighted by atomic mass is 10.1. The van der Waals surface area contributed by atoms with E-state index in [1.807, 2.05) is 0 Å². The van der Waals surface area contributed by atoms with Gasteiger partial charge in [-0.3, -0.25) is 14.4 Å². The van der Waals surface area contributed by atoms with Crippen LogP contribution in [0.15, 0.2) is 72.8 Å². The van der Waals surface area contributed by atoms with Crippen molar-refractivity contribution >= 4 is 35.0 Å². The Morgan fingerprint density at radius 1 is 0.879 bits per heavy atom. The predicted octanol–water partition coefficient (Wildman–Crippen LogP) is 4.52. The molecule has 1 unspecified atom stereocenters. The summed E-state index contributed by atoms with van der Waals surface area (Å²) in [5.74, 6) is -2.34. The molecule has 3 amide bonds. The summed E-state index contributed by atoms with van der Waals surface area (Å²) < 4.78 is 26.7. The van der Waals surface area contributed by atoms with Crippen molar-refractivity contribution < 1.29 is 23.2 Å². The molecule has 0 bridgehead atoms. The maximum atomic E-state index is 13.4. The van der Waals surface area contributed by atoms with Crippen molar-refractivity contribution in [1.82, 2.24) is 4.90 Å². The lowest BCUT2D eigenvalue weighted by molar-refractivity contribution is -0.138. The number of carbonyl (C=O) groups excluding carboxylic acids is 3. The Morgan fingerprint density at radius 2 is 1.42 bits per heavy atom.